The summed E-state index contributed by atoms with van der Waals surface area (Å²) in [7, 11) is 2.62. The fourth-order valence-corrected chi connectivity index (χ4v) is 7.93. The van der Waals surface area contributed by atoms with Crippen molar-refractivity contribution in [3.63, 3.8) is 0 Å². The first-order valence-corrected chi connectivity index (χ1v) is 19.0. The Morgan fingerprint density at radius 2 is 1.12 bits per heavy atom. The molecule has 0 radical (unpaired) electrons. The van der Waals surface area contributed by atoms with Crippen LogP contribution in [0, 0.1) is 0 Å². The largest absolute Gasteiger partial charge is 0.550 e. The summed E-state index contributed by atoms with van der Waals surface area (Å²) >= 11 is 0. The first-order valence-electron chi connectivity index (χ1n) is 19.0. The van der Waals surface area contributed by atoms with E-state index in [0.29, 0.717) is 29.5 Å². The standard InChI is InChI=1S/C46H45NO10/c1-52-46(53-2,57-45(33-18-6-3-7-19-33,34-20-8-4-9-21-34)35-22-10-5-11-23-35)43(55-42(50)29-28-41(48)49)56-47(30-16-17-31-47)44(51)54-32-40-38-26-14-12-24-36(38)37-25-13-15-27-39(37)40/h3-15,18-27,40,43H,16-17,28-32H2,1-2H3. The van der Waals surface area contributed by atoms with Crippen LogP contribution in [-0.4, -0.2) is 68.9 Å². The quantitative estimate of drug-likeness (QED) is 0.0456. The molecule has 57 heavy (non-hydrogen) atoms. The van der Waals surface area contributed by atoms with Crippen LogP contribution >= 0.6 is 0 Å². The van der Waals surface area contributed by atoms with Crippen molar-refractivity contribution in [3.05, 3.63) is 167 Å². The highest BCUT2D eigenvalue weighted by Gasteiger charge is 2.59. The number of ether oxygens (including phenoxy) is 5. The van der Waals surface area contributed by atoms with E-state index < -0.39 is 53.4 Å². The van der Waals surface area contributed by atoms with Crippen LogP contribution in [0.25, 0.3) is 11.1 Å². The number of amides is 1. The molecule has 5 aromatic carbocycles. The molecular formula is C46H45NO10. The maximum absolute atomic E-state index is 14.5. The minimum Gasteiger partial charge on any atom is -0.550 e. The van der Waals surface area contributed by atoms with Crippen molar-refractivity contribution in [1.29, 1.82) is 0 Å². The molecule has 7 rings (SSSR count). The summed E-state index contributed by atoms with van der Waals surface area (Å²) in [5, 5.41) is 11.4. The highest BCUT2D eigenvalue weighted by atomic mass is 16.9. The summed E-state index contributed by atoms with van der Waals surface area (Å²) in [6.45, 7) is 0.380. The van der Waals surface area contributed by atoms with Gasteiger partial charge < -0.3 is 33.6 Å². The van der Waals surface area contributed by atoms with Gasteiger partial charge in [0.2, 0.25) is 0 Å². The number of benzene rings is 5. The number of carboxylic acids is 1. The van der Waals surface area contributed by atoms with Crippen LogP contribution in [0.3, 0.4) is 0 Å². The van der Waals surface area contributed by atoms with E-state index in [2.05, 4.69) is 12.1 Å². The van der Waals surface area contributed by atoms with Gasteiger partial charge in [0.15, 0.2) is 0 Å². The van der Waals surface area contributed by atoms with E-state index in [1.54, 1.807) is 0 Å². The third-order valence-electron chi connectivity index (χ3n) is 10.7. The van der Waals surface area contributed by atoms with Crippen molar-refractivity contribution in [1.82, 2.24) is 0 Å². The lowest BCUT2D eigenvalue weighted by atomic mass is 9.80. The second-order valence-corrected chi connectivity index (χ2v) is 14.0. The summed E-state index contributed by atoms with van der Waals surface area (Å²) in [4.78, 5) is 46.1. The van der Waals surface area contributed by atoms with Gasteiger partial charge in [-0.05, 0) is 45.4 Å². The molecule has 1 saturated heterocycles. The summed E-state index contributed by atoms with van der Waals surface area (Å²) in [6.07, 6.45) is -2.61. The van der Waals surface area contributed by atoms with Crippen LogP contribution in [0.1, 0.15) is 59.4 Å². The first-order chi connectivity index (χ1) is 27.7. The van der Waals surface area contributed by atoms with Gasteiger partial charge in [-0.15, -0.1) is 4.84 Å². The number of quaternary nitrogens is 1. The van der Waals surface area contributed by atoms with Crippen molar-refractivity contribution < 1.29 is 52.7 Å². The van der Waals surface area contributed by atoms with Gasteiger partial charge in [-0.3, -0.25) is 4.79 Å². The molecule has 5 aromatic rings. The normalized spacial score (nSPS) is 15.3. The molecule has 294 valence electrons. The number of hydrogen-bond acceptors (Lipinski definition) is 10. The van der Waals surface area contributed by atoms with E-state index in [-0.39, 0.29) is 25.6 Å². The maximum atomic E-state index is 14.5. The molecule has 1 unspecified atom stereocenters. The third-order valence-corrected chi connectivity index (χ3v) is 10.7. The van der Waals surface area contributed by atoms with E-state index in [0.717, 1.165) is 22.3 Å². The van der Waals surface area contributed by atoms with Crippen molar-refractivity contribution in [2.24, 2.45) is 0 Å². The molecular weight excluding hydrogens is 727 g/mol. The lowest BCUT2D eigenvalue weighted by Crippen LogP contribution is -2.62. The van der Waals surface area contributed by atoms with Gasteiger partial charge in [-0.2, -0.15) is 4.79 Å². The fraction of sp³-hybridized carbons (Fsp3) is 0.283. The van der Waals surface area contributed by atoms with Gasteiger partial charge in [-0.25, -0.2) is 0 Å². The number of hydrogen-bond donors (Lipinski definition) is 0. The highest BCUT2D eigenvalue weighted by Crippen LogP contribution is 2.47. The van der Waals surface area contributed by atoms with E-state index in [9.17, 15) is 19.5 Å². The number of esters is 1. The molecule has 2 aliphatic rings. The Labute approximate surface area is 331 Å². The van der Waals surface area contributed by atoms with Crippen LogP contribution in [-0.2, 0) is 43.7 Å². The van der Waals surface area contributed by atoms with Gasteiger partial charge in [0, 0.05) is 38.9 Å². The molecule has 0 bridgehead atoms. The second kappa shape index (κ2) is 17.2. The first kappa shape index (κ1) is 39.5. The number of hydroxylamine groups is 3. The zero-order valence-electron chi connectivity index (χ0n) is 31.9. The van der Waals surface area contributed by atoms with E-state index in [4.69, 9.17) is 28.5 Å². The number of methoxy groups -OCH3 is 2. The molecule has 0 aromatic heterocycles. The molecule has 11 heteroatoms. The van der Waals surface area contributed by atoms with Crippen LogP contribution in [0.4, 0.5) is 4.79 Å². The molecule has 11 nitrogen and oxygen atoms in total. The summed E-state index contributed by atoms with van der Waals surface area (Å²) in [5.74, 6) is -5.01. The van der Waals surface area contributed by atoms with Gasteiger partial charge in [0.1, 0.15) is 25.3 Å². The average Bonchev–Trinajstić information content (AvgIpc) is 3.87. The highest BCUT2D eigenvalue weighted by molar-refractivity contribution is 5.79. The van der Waals surface area contributed by atoms with E-state index >= 15 is 0 Å². The lowest BCUT2D eigenvalue weighted by molar-refractivity contribution is -1.05. The number of fused-ring (bicyclic) bond motifs is 3. The number of aliphatic carboxylic acids is 1. The number of carbonyl (C=O) groups is 3. The maximum Gasteiger partial charge on any atom is 0.549 e. The zero-order valence-corrected chi connectivity index (χ0v) is 31.9. The van der Waals surface area contributed by atoms with Crippen molar-refractivity contribution >= 4 is 18.0 Å². The molecule has 1 heterocycles. The monoisotopic (exact) mass is 771 g/mol. The number of rotatable bonds is 16. The summed E-state index contributed by atoms with van der Waals surface area (Å²) in [5.41, 5.74) is 4.78. The summed E-state index contributed by atoms with van der Waals surface area (Å²) in [6, 6.07) is 44.3. The van der Waals surface area contributed by atoms with Crippen LogP contribution in [0.5, 0.6) is 0 Å². The third kappa shape index (κ3) is 7.85. The minimum atomic E-state index is -2.38. The van der Waals surface area contributed by atoms with Gasteiger partial charge in [-0.1, -0.05) is 144 Å². The van der Waals surface area contributed by atoms with Gasteiger partial charge in [0.25, 0.3) is 0 Å². The van der Waals surface area contributed by atoms with Gasteiger partial charge in [0.05, 0.1) is 6.42 Å². The molecule has 1 amide bonds. The molecule has 1 aliphatic heterocycles. The zero-order chi connectivity index (χ0) is 39.9. The topological polar surface area (TPSA) is 130 Å². The number of carboxylic acid groups (broad SMARTS) is 1. The lowest BCUT2D eigenvalue weighted by Gasteiger charge is -2.45. The molecule has 1 fully saturated rings. The minimum absolute atomic E-state index is 0.0294. The average molecular weight is 772 g/mol. The Kier molecular flexibility index (Phi) is 11.9. The fourth-order valence-electron chi connectivity index (χ4n) is 7.93. The molecule has 0 N–H and O–H groups in total. The summed E-state index contributed by atoms with van der Waals surface area (Å²) < 4.78 is 30.8. The smallest absolute Gasteiger partial charge is 0.549 e. The predicted molar refractivity (Wildman–Crippen MR) is 207 cm³/mol. The van der Waals surface area contributed by atoms with Crippen LogP contribution in [0.15, 0.2) is 140 Å². The van der Waals surface area contributed by atoms with Crippen LogP contribution in [0.2, 0.25) is 0 Å². The Balaban J connectivity index is 1.29. The SMILES string of the molecule is COC(OC)(OC(c1ccccc1)(c1ccccc1)c1ccccc1)C(OC(=O)CCC(=O)[O-])O[N+]1(C(=O)OCC2c3ccccc3-c3ccccc32)CCCC1. The Morgan fingerprint density at radius 3 is 1.58 bits per heavy atom. The molecule has 1 atom stereocenters. The Morgan fingerprint density at radius 1 is 0.667 bits per heavy atom. The van der Waals surface area contributed by atoms with Crippen LogP contribution < -0.4 is 5.11 Å². The predicted octanol–water partition coefficient (Wildman–Crippen LogP) is 6.83. The van der Waals surface area contributed by atoms with Crippen molar-refractivity contribution in [3.8, 4) is 11.1 Å². The second-order valence-electron chi connectivity index (χ2n) is 14.0. The van der Waals surface area contributed by atoms with Crippen molar-refractivity contribution in [2.75, 3.05) is 33.9 Å². The van der Waals surface area contributed by atoms with Crippen molar-refractivity contribution in [2.45, 2.75) is 49.5 Å². The number of likely N-dealkylation sites (tertiary alicyclic amines) is 1. The Hall–Kier alpha value is -5.69. The van der Waals surface area contributed by atoms with Gasteiger partial charge >= 0.3 is 24.3 Å². The van der Waals surface area contributed by atoms with E-state index in [1.807, 2.05) is 127 Å². The number of nitrogens with zero attached hydrogens (tertiary/aromatic N) is 1. The molecule has 0 spiro atoms. The molecule has 0 saturated carbocycles. The Bertz CT molecular complexity index is 2010. The van der Waals surface area contributed by atoms with E-state index in [1.165, 1.54) is 14.2 Å². The molecule has 1 aliphatic carbocycles. The number of carbonyl (C=O) groups excluding carboxylic acids is 3.